The van der Waals surface area contributed by atoms with E-state index in [2.05, 4.69) is 12.2 Å². The maximum absolute atomic E-state index is 12.0. The summed E-state index contributed by atoms with van der Waals surface area (Å²) in [7, 11) is -1.41. The van der Waals surface area contributed by atoms with Crippen LogP contribution in [0.5, 0.6) is 0 Å². The zero-order valence-corrected chi connectivity index (χ0v) is 13.0. The third-order valence-corrected chi connectivity index (χ3v) is 5.51. The highest BCUT2D eigenvalue weighted by molar-refractivity contribution is 7.98. The van der Waals surface area contributed by atoms with Gasteiger partial charge in [-0.1, -0.05) is 6.92 Å². The van der Waals surface area contributed by atoms with E-state index in [1.165, 1.54) is 4.31 Å². The second kappa shape index (κ2) is 9.19. The molecular formula is C11H26N2O2S2. The van der Waals surface area contributed by atoms with Crippen LogP contribution in [0.2, 0.25) is 0 Å². The van der Waals surface area contributed by atoms with Gasteiger partial charge in [0.15, 0.2) is 0 Å². The molecule has 0 spiro atoms. The minimum atomic E-state index is -3.09. The molecule has 0 aromatic heterocycles. The van der Waals surface area contributed by atoms with Crippen molar-refractivity contribution in [2.24, 2.45) is 0 Å². The molecule has 0 saturated carbocycles. The summed E-state index contributed by atoms with van der Waals surface area (Å²) < 4.78 is 25.4. The highest BCUT2D eigenvalue weighted by atomic mass is 32.2. The standard InChI is InChI=1S/C11H26N2O2S2/c1-5-7-12-8-6-9-17(14,15)13(3)11(2)10-16-4/h11-12H,5-10H2,1-4H3. The van der Waals surface area contributed by atoms with E-state index in [9.17, 15) is 8.42 Å². The van der Waals surface area contributed by atoms with Gasteiger partial charge in [0.1, 0.15) is 0 Å². The highest BCUT2D eigenvalue weighted by Crippen LogP contribution is 2.09. The number of thioether (sulfide) groups is 1. The van der Waals surface area contributed by atoms with E-state index in [-0.39, 0.29) is 11.8 Å². The smallest absolute Gasteiger partial charge is 0.214 e. The van der Waals surface area contributed by atoms with Crippen LogP contribution in [0.25, 0.3) is 0 Å². The van der Waals surface area contributed by atoms with Gasteiger partial charge in [-0.25, -0.2) is 12.7 Å². The lowest BCUT2D eigenvalue weighted by Gasteiger charge is -2.23. The van der Waals surface area contributed by atoms with Gasteiger partial charge in [-0.05, 0) is 39.1 Å². The Labute approximate surface area is 111 Å². The summed E-state index contributed by atoms with van der Waals surface area (Å²) in [5, 5.41) is 3.21. The van der Waals surface area contributed by atoms with Crippen LogP contribution in [0.15, 0.2) is 0 Å². The van der Waals surface area contributed by atoms with E-state index >= 15 is 0 Å². The Morgan fingerprint density at radius 3 is 2.53 bits per heavy atom. The van der Waals surface area contributed by atoms with Crippen molar-refractivity contribution in [1.29, 1.82) is 0 Å². The summed E-state index contributed by atoms with van der Waals surface area (Å²) in [6.45, 7) is 5.78. The molecule has 0 rings (SSSR count). The molecule has 0 aliphatic carbocycles. The molecule has 0 aliphatic rings. The molecule has 0 radical (unpaired) electrons. The molecule has 0 fully saturated rings. The Balaban J connectivity index is 4.01. The molecule has 0 heterocycles. The Hall–Kier alpha value is 0.220. The van der Waals surface area contributed by atoms with Gasteiger partial charge in [0.05, 0.1) is 5.75 Å². The minimum absolute atomic E-state index is 0.0681. The molecule has 1 N–H and O–H groups in total. The summed E-state index contributed by atoms with van der Waals surface area (Å²) in [4.78, 5) is 0. The number of sulfonamides is 1. The lowest BCUT2D eigenvalue weighted by molar-refractivity contribution is 0.414. The Morgan fingerprint density at radius 1 is 1.35 bits per heavy atom. The van der Waals surface area contributed by atoms with E-state index in [0.29, 0.717) is 6.42 Å². The summed E-state index contributed by atoms with van der Waals surface area (Å²) in [6.07, 6.45) is 3.75. The zero-order valence-electron chi connectivity index (χ0n) is 11.4. The molecule has 1 atom stereocenters. The maximum Gasteiger partial charge on any atom is 0.214 e. The van der Waals surface area contributed by atoms with Crippen molar-refractivity contribution < 1.29 is 8.42 Å². The fraction of sp³-hybridized carbons (Fsp3) is 1.00. The second-order valence-corrected chi connectivity index (χ2v) is 7.30. The molecule has 0 bridgehead atoms. The van der Waals surface area contributed by atoms with Gasteiger partial charge < -0.3 is 5.32 Å². The third kappa shape index (κ3) is 7.28. The molecule has 6 heteroatoms. The van der Waals surface area contributed by atoms with Crippen molar-refractivity contribution >= 4 is 21.8 Å². The van der Waals surface area contributed by atoms with Gasteiger partial charge in [0.25, 0.3) is 0 Å². The van der Waals surface area contributed by atoms with E-state index in [0.717, 1.165) is 25.3 Å². The predicted octanol–water partition coefficient (Wildman–Crippen LogP) is 1.39. The quantitative estimate of drug-likeness (QED) is 0.615. The molecule has 0 aromatic carbocycles. The second-order valence-electron chi connectivity index (χ2n) is 4.24. The SMILES string of the molecule is CCCNCCCS(=O)(=O)N(C)C(C)CSC. The molecule has 1 unspecified atom stereocenters. The fourth-order valence-corrected chi connectivity index (χ4v) is 3.67. The van der Waals surface area contributed by atoms with Crippen LogP contribution < -0.4 is 5.32 Å². The summed E-state index contributed by atoms with van der Waals surface area (Å²) in [5.74, 6) is 1.07. The fourth-order valence-electron chi connectivity index (χ4n) is 1.45. The summed E-state index contributed by atoms with van der Waals surface area (Å²) in [5.41, 5.74) is 0. The van der Waals surface area contributed by atoms with E-state index in [4.69, 9.17) is 0 Å². The lowest BCUT2D eigenvalue weighted by Crippen LogP contribution is -2.38. The van der Waals surface area contributed by atoms with Crippen molar-refractivity contribution in [3.63, 3.8) is 0 Å². The predicted molar refractivity (Wildman–Crippen MR) is 77.2 cm³/mol. The van der Waals surface area contributed by atoms with Crippen LogP contribution in [-0.2, 0) is 10.0 Å². The molecule has 0 amide bonds. The average Bonchev–Trinajstić information content (AvgIpc) is 2.28. The summed E-state index contributed by atoms with van der Waals surface area (Å²) in [6, 6.07) is 0.0681. The van der Waals surface area contributed by atoms with Gasteiger partial charge in [-0.2, -0.15) is 11.8 Å². The average molecular weight is 282 g/mol. The van der Waals surface area contributed by atoms with Crippen LogP contribution in [0.1, 0.15) is 26.7 Å². The van der Waals surface area contributed by atoms with Crippen LogP contribution >= 0.6 is 11.8 Å². The number of hydrogen-bond acceptors (Lipinski definition) is 4. The van der Waals surface area contributed by atoms with E-state index in [1.54, 1.807) is 18.8 Å². The molecule has 0 aromatic rings. The molecule has 0 aliphatic heterocycles. The molecule has 104 valence electrons. The number of rotatable bonds is 10. The third-order valence-electron chi connectivity index (χ3n) is 2.65. The van der Waals surface area contributed by atoms with Gasteiger partial charge in [-0.3, -0.25) is 0 Å². The van der Waals surface area contributed by atoms with Crippen LogP contribution in [-0.4, -0.2) is 56.7 Å². The Morgan fingerprint density at radius 2 is 2.00 bits per heavy atom. The number of nitrogens with one attached hydrogen (secondary N) is 1. The Bertz CT molecular complexity index is 281. The first-order valence-corrected chi connectivity index (χ1v) is 9.11. The van der Waals surface area contributed by atoms with Gasteiger partial charge in [0.2, 0.25) is 10.0 Å². The maximum atomic E-state index is 12.0. The molecule has 0 saturated heterocycles. The van der Waals surface area contributed by atoms with Gasteiger partial charge >= 0.3 is 0 Å². The van der Waals surface area contributed by atoms with Crippen molar-refractivity contribution in [1.82, 2.24) is 9.62 Å². The van der Waals surface area contributed by atoms with Gasteiger partial charge in [-0.15, -0.1) is 0 Å². The van der Waals surface area contributed by atoms with Crippen molar-refractivity contribution in [3.05, 3.63) is 0 Å². The van der Waals surface area contributed by atoms with Crippen LogP contribution in [0.4, 0.5) is 0 Å². The monoisotopic (exact) mass is 282 g/mol. The highest BCUT2D eigenvalue weighted by Gasteiger charge is 2.22. The van der Waals surface area contributed by atoms with Crippen molar-refractivity contribution in [3.8, 4) is 0 Å². The first kappa shape index (κ1) is 17.2. The summed E-state index contributed by atoms with van der Waals surface area (Å²) >= 11 is 1.67. The van der Waals surface area contributed by atoms with E-state index < -0.39 is 10.0 Å². The molecule has 4 nitrogen and oxygen atoms in total. The number of hydrogen-bond donors (Lipinski definition) is 1. The van der Waals surface area contributed by atoms with Crippen molar-refractivity contribution in [2.45, 2.75) is 32.7 Å². The zero-order chi connectivity index (χ0) is 13.3. The molecular weight excluding hydrogens is 256 g/mol. The first-order chi connectivity index (χ1) is 7.95. The number of nitrogens with zero attached hydrogens (tertiary/aromatic N) is 1. The van der Waals surface area contributed by atoms with Crippen LogP contribution in [0.3, 0.4) is 0 Å². The largest absolute Gasteiger partial charge is 0.317 e. The van der Waals surface area contributed by atoms with E-state index in [1.807, 2.05) is 13.2 Å². The Kier molecular flexibility index (Phi) is 9.31. The lowest BCUT2D eigenvalue weighted by atomic mass is 10.4. The molecule has 17 heavy (non-hydrogen) atoms. The normalized spacial score (nSPS) is 14.2. The van der Waals surface area contributed by atoms with Gasteiger partial charge in [0, 0.05) is 18.8 Å². The van der Waals surface area contributed by atoms with Crippen LogP contribution in [0, 0.1) is 0 Å². The van der Waals surface area contributed by atoms with Crippen molar-refractivity contribution in [2.75, 3.05) is 37.9 Å². The minimum Gasteiger partial charge on any atom is -0.317 e. The first-order valence-electron chi connectivity index (χ1n) is 6.11. The topological polar surface area (TPSA) is 49.4 Å².